The lowest BCUT2D eigenvalue weighted by Crippen LogP contribution is -2.13. The van der Waals surface area contributed by atoms with Gasteiger partial charge >= 0.3 is 0 Å². The zero-order chi connectivity index (χ0) is 16.9. The van der Waals surface area contributed by atoms with Crippen molar-refractivity contribution in [3.05, 3.63) is 58.6 Å². The van der Waals surface area contributed by atoms with E-state index in [1.807, 2.05) is 55.5 Å². The van der Waals surface area contributed by atoms with Gasteiger partial charge in [-0.25, -0.2) is 0 Å². The number of halogens is 1. The number of benzene rings is 2. The summed E-state index contributed by atoms with van der Waals surface area (Å²) in [4.78, 5) is 12.0. The van der Waals surface area contributed by atoms with E-state index in [2.05, 4.69) is 31.4 Å². The summed E-state index contributed by atoms with van der Waals surface area (Å²) in [7, 11) is 0. The summed E-state index contributed by atoms with van der Waals surface area (Å²) in [6.45, 7) is 2.00. The smallest absolute Gasteiger partial charge is 0.277 e. The summed E-state index contributed by atoms with van der Waals surface area (Å²) >= 11 is 4.65. The molecule has 0 spiro atoms. The van der Waals surface area contributed by atoms with Gasteiger partial charge in [-0.2, -0.15) is 0 Å². The maximum absolute atomic E-state index is 12.0. The molecular weight excluding hydrogens is 390 g/mol. The van der Waals surface area contributed by atoms with Gasteiger partial charge in [0.1, 0.15) is 0 Å². The number of aryl methyl sites for hydroxylation is 1. The maximum atomic E-state index is 12.0. The minimum Gasteiger partial charge on any atom is -0.411 e. The number of hydrogen-bond acceptors (Lipinski definition) is 5. The minimum absolute atomic E-state index is 0.121. The number of aromatic nitrogens is 2. The second-order valence-corrected chi connectivity index (χ2v) is 6.84. The molecular formula is C17H14BrN3O2S. The van der Waals surface area contributed by atoms with Gasteiger partial charge in [0.15, 0.2) is 0 Å². The van der Waals surface area contributed by atoms with Crippen molar-refractivity contribution >= 4 is 39.3 Å². The number of amides is 1. The van der Waals surface area contributed by atoms with Crippen LogP contribution in [-0.2, 0) is 4.79 Å². The number of hydrogen-bond donors (Lipinski definition) is 1. The van der Waals surface area contributed by atoms with Gasteiger partial charge in [-0.1, -0.05) is 41.6 Å². The number of nitrogens with zero attached hydrogens (tertiary/aromatic N) is 2. The molecule has 0 fully saturated rings. The third-order valence-electron chi connectivity index (χ3n) is 3.17. The summed E-state index contributed by atoms with van der Waals surface area (Å²) in [5, 5.41) is 11.2. The normalized spacial score (nSPS) is 10.6. The van der Waals surface area contributed by atoms with Crippen molar-refractivity contribution in [1.29, 1.82) is 0 Å². The molecule has 2 aromatic carbocycles. The van der Waals surface area contributed by atoms with Crippen LogP contribution in [0.3, 0.4) is 0 Å². The van der Waals surface area contributed by atoms with Crippen LogP contribution < -0.4 is 5.32 Å². The molecule has 7 heteroatoms. The molecule has 0 bridgehead atoms. The van der Waals surface area contributed by atoms with Crippen molar-refractivity contribution in [2.45, 2.75) is 12.1 Å². The van der Waals surface area contributed by atoms with E-state index in [9.17, 15) is 4.79 Å². The van der Waals surface area contributed by atoms with Gasteiger partial charge in [-0.15, -0.1) is 10.2 Å². The summed E-state index contributed by atoms with van der Waals surface area (Å²) in [5.41, 5.74) is 2.74. The Morgan fingerprint density at radius 1 is 1.17 bits per heavy atom. The van der Waals surface area contributed by atoms with Crippen molar-refractivity contribution in [1.82, 2.24) is 10.2 Å². The molecule has 0 radical (unpaired) electrons. The van der Waals surface area contributed by atoms with Crippen molar-refractivity contribution in [2.24, 2.45) is 0 Å². The first-order chi connectivity index (χ1) is 11.6. The molecule has 3 aromatic rings. The first kappa shape index (κ1) is 16.7. The Balaban J connectivity index is 1.58. The molecule has 5 nitrogen and oxygen atoms in total. The Hall–Kier alpha value is -2.12. The highest BCUT2D eigenvalue weighted by atomic mass is 79.9. The zero-order valence-electron chi connectivity index (χ0n) is 12.8. The second kappa shape index (κ2) is 7.63. The molecule has 0 atom stereocenters. The van der Waals surface area contributed by atoms with Gasteiger partial charge in [0.25, 0.3) is 5.22 Å². The van der Waals surface area contributed by atoms with Crippen molar-refractivity contribution in [2.75, 3.05) is 11.1 Å². The second-order valence-electron chi connectivity index (χ2n) is 5.06. The molecule has 0 aliphatic rings. The van der Waals surface area contributed by atoms with Gasteiger partial charge in [0.2, 0.25) is 11.8 Å². The maximum Gasteiger partial charge on any atom is 0.277 e. The lowest BCUT2D eigenvalue weighted by molar-refractivity contribution is -0.113. The molecule has 122 valence electrons. The predicted molar refractivity (Wildman–Crippen MR) is 98.0 cm³/mol. The molecule has 1 heterocycles. The standard InChI is InChI=1S/C17H14BrN3O2S/c1-11-6-8-12(9-7-11)19-15(22)10-24-17-21-20-16(23-17)13-4-2-3-5-14(13)18/h2-9H,10H2,1H3,(H,19,22). The number of rotatable bonds is 5. The van der Waals surface area contributed by atoms with Crippen LogP contribution in [0.1, 0.15) is 5.56 Å². The van der Waals surface area contributed by atoms with Crippen LogP contribution in [-0.4, -0.2) is 21.9 Å². The van der Waals surface area contributed by atoms with Crippen LogP contribution in [0.2, 0.25) is 0 Å². The predicted octanol–water partition coefficient (Wildman–Crippen LogP) is 4.54. The largest absolute Gasteiger partial charge is 0.411 e. The van der Waals surface area contributed by atoms with Gasteiger partial charge in [-0.3, -0.25) is 4.79 Å². The average molecular weight is 404 g/mol. The number of carbonyl (C=O) groups excluding carboxylic acids is 1. The molecule has 1 N–H and O–H groups in total. The monoisotopic (exact) mass is 403 g/mol. The number of thioether (sulfide) groups is 1. The fourth-order valence-corrected chi connectivity index (χ4v) is 2.99. The zero-order valence-corrected chi connectivity index (χ0v) is 15.2. The number of anilines is 1. The molecule has 1 aromatic heterocycles. The van der Waals surface area contributed by atoms with E-state index in [4.69, 9.17) is 4.42 Å². The van der Waals surface area contributed by atoms with Crippen molar-refractivity contribution in [3.63, 3.8) is 0 Å². The highest BCUT2D eigenvalue weighted by Gasteiger charge is 2.13. The molecule has 0 saturated heterocycles. The van der Waals surface area contributed by atoms with Crippen molar-refractivity contribution < 1.29 is 9.21 Å². The molecule has 0 saturated carbocycles. The molecule has 1 amide bonds. The first-order valence-electron chi connectivity index (χ1n) is 7.19. The molecule has 24 heavy (non-hydrogen) atoms. The van der Waals surface area contributed by atoms with Crippen LogP contribution in [0.25, 0.3) is 11.5 Å². The molecule has 3 rings (SSSR count). The lowest BCUT2D eigenvalue weighted by atomic mass is 10.2. The van der Waals surface area contributed by atoms with Gasteiger partial charge in [0, 0.05) is 10.2 Å². The van der Waals surface area contributed by atoms with Crippen LogP contribution >= 0.6 is 27.7 Å². The van der Waals surface area contributed by atoms with E-state index in [0.717, 1.165) is 21.3 Å². The summed E-state index contributed by atoms with van der Waals surface area (Å²) in [5.74, 6) is 0.499. The Labute approximate surface area is 152 Å². The first-order valence-corrected chi connectivity index (χ1v) is 8.97. The quantitative estimate of drug-likeness (QED) is 0.633. The van der Waals surface area contributed by atoms with Gasteiger partial charge < -0.3 is 9.73 Å². The van der Waals surface area contributed by atoms with E-state index in [1.54, 1.807) is 0 Å². The van der Waals surface area contributed by atoms with Gasteiger partial charge in [-0.05, 0) is 47.1 Å². The number of nitrogens with one attached hydrogen (secondary N) is 1. The van der Waals surface area contributed by atoms with E-state index in [1.165, 1.54) is 11.8 Å². The summed E-state index contributed by atoms with van der Waals surface area (Å²) in [6.07, 6.45) is 0. The minimum atomic E-state index is -0.121. The summed E-state index contributed by atoms with van der Waals surface area (Å²) in [6, 6.07) is 15.2. The summed E-state index contributed by atoms with van der Waals surface area (Å²) < 4.78 is 6.47. The fourth-order valence-electron chi connectivity index (χ4n) is 1.97. The molecule has 0 unspecified atom stereocenters. The number of carbonyl (C=O) groups is 1. The topological polar surface area (TPSA) is 68.0 Å². The van der Waals surface area contributed by atoms with E-state index >= 15 is 0 Å². The van der Waals surface area contributed by atoms with E-state index in [-0.39, 0.29) is 11.7 Å². The van der Waals surface area contributed by atoms with E-state index in [0.29, 0.717) is 11.1 Å². The Kier molecular flexibility index (Phi) is 5.32. The Bertz CT molecular complexity index is 849. The van der Waals surface area contributed by atoms with Crippen LogP contribution in [0.15, 0.2) is 62.6 Å². The third-order valence-corrected chi connectivity index (χ3v) is 4.68. The molecule has 0 aliphatic carbocycles. The molecule has 0 aliphatic heterocycles. The average Bonchev–Trinajstić information content (AvgIpc) is 3.04. The van der Waals surface area contributed by atoms with Crippen LogP contribution in [0.4, 0.5) is 5.69 Å². The highest BCUT2D eigenvalue weighted by Crippen LogP contribution is 2.28. The van der Waals surface area contributed by atoms with E-state index < -0.39 is 0 Å². The SMILES string of the molecule is Cc1ccc(NC(=O)CSc2nnc(-c3ccccc3Br)o2)cc1. The van der Waals surface area contributed by atoms with Crippen LogP contribution in [0.5, 0.6) is 0 Å². The lowest BCUT2D eigenvalue weighted by Gasteiger charge is -2.04. The van der Waals surface area contributed by atoms with Crippen LogP contribution in [0, 0.1) is 6.92 Å². The highest BCUT2D eigenvalue weighted by molar-refractivity contribution is 9.10. The fraction of sp³-hybridized carbons (Fsp3) is 0.118. The van der Waals surface area contributed by atoms with Crippen molar-refractivity contribution in [3.8, 4) is 11.5 Å². The Morgan fingerprint density at radius 2 is 1.92 bits per heavy atom. The van der Waals surface area contributed by atoms with Gasteiger partial charge in [0.05, 0.1) is 11.3 Å². The third kappa shape index (κ3) is 4.24. The Morgan fingerprint density at radius 3 is 2.67 bits per heavy atom.